The molecule has 0 fully saturated rings. The summed E-state index contributed by atoms with van der Waals surface area (Å²) in [7, 11) is -2.71. The molecule has 0 saturated heterocycles. The lowest BCUT2D eigenvalue weighted by atomic mass is 10.3. The van der Waals surface area contributed by atoms with E-state index in [0.29, 0.717) is 6.07 Å². The molecule has 1 rings (SSSR count). The lowest BCUT2D eigenvalue weighted by molar-refractivity contribution is -0.384. The summed E-state index contributed by atoms with van der Waals surface area (Å²) in [5, 5.41) is 10.7. The highest BCUT2D eigenvalue weighted by molar-refractivity contribution is 7.92. The fourth-order valence-corrected chi connectivity index (χ4v) is 2.60. The van der Waals surface area contributed by atoms with Crippen molar-refractivity contribution in [1.82, 2.24) is 0 Å². The van der Waals surface area contributed by atoms with E-state index in [1.165, 1.54) is 7.11 Å². The number of nitrogens with one attached hydrogen (secondary N) is 1. The first kappa shape index (κ1) is 16.8. The first-order valence-electron chi connectivity index (χ1n) is 5.76. The van der Waals surface area contributed by atoms with Gasteiger partial charge in [-0.3, -0.25) is 19.6 Å². The molecular formula is C11H13FN2O6S. The molecule has 0 aromatic heterocycles. The predicted octanol–water partition coefficient (Wildman–Crippen LogP) is 1.43. The van der Waals surface area contributed by atoms with Crippen LogP contribution in [0, 0.1) is 15.9 Å². The monoisotopic (exact) mass is 320 g/mol. The topological polar surface area (TPSA) is 116 Å². The number of hydrogen-bond acceptors (Lipinski definition) is 6. The Morgan fingerprint density at radius 1 is 1.48 bits per heavy atom. The van der Waals surface area contributed by atoms with Crippen LogP contribution in [-0.4, -0.2) is 32.2 Å². The lowest BCUT2D eigenvalue weighted by Gasteiger charge is -2.08. The zero-order valence-corrected chi connectivity index (χ0v) is 11.9. The molecule has 1 aromatic carbocycles. The van der Waals surface area contributed by atoms with Crippen LogP contribution in [0.15, 0.2) is 18.2 Å². The van der Waals surface area contributed by atoms with Crippen LogP contribution in [-0.2, 0) is 19.6 Å². The summed E-state index contributed by atoms with van der Waals surface area (Å²) in [4.78, 5) is 20.7. The SMILES string of the molecule is COC(=O)CCCS(=O)(=O)Nc1ccc(F)cc1[N+](=O)[O-]. The van der Waals surface area contributed by atoms with Crippen molar-refractivity contribution in [3.05, 3.63) is 34.1 Å². The smallest absolute Gasteiger partial charge is 0.305 e. The van der Waals surface area contributed by atoms with Gasteiger partial charge in [-0.05, 0) is 18.6 Å². The number of esters is 1. The van der Waals surface area contributed by atoms with Crippen molar-refractivity contribution in [3.63, 3.8) is 0 Å². The minimum Gasteiger partial charge on any atom is -0.469 e. The highest BCUT2D eigenvalue weighted by Crippen LogP contribution is 2.26. The van der Waals surface area contributed by atoms with Gasteiger partial charge in [-0.1, -0.05) is 0 Å². The normalized spacial score (nSPS) is 11.0. The molecule has 116 valence electrons. The van der Waals surface area contributed by atoms with E-state index in [1.807, 2.05) is 4.72 Å². The fraction of sp³-hybridized carbons (Fsp3) is 0.364. The molecule has 0 atom stereocenters. The van der Waals surface area contributed by atoms with Gasteiger partial charge in [0.15, 0.2) is 0 Å². The number of sulfonamides is 1. The van der Waals surface area contributed by atoms with Crippen LogP contribution < -0.4 is 4.72 Å². The van der Waals surface area contributed by atoms with Crippen LogP contribution in [0.3, 0.4) is 0 Å². The summed E-state index contributed by atoms with van der Waals surface area (Å²) in [5.41, 5.74) is -1.02. The summed E-state index contributed by atoms with van der Waals surface area (Å²) < 4.78 is 42.8. The molecule has 1 aromatic rings. The molecule has 1 N–H and O–H groups in total. The minimum absolute atomic E-state index is 0.00298. The molecule has 21 heavy (non-hydrogen) atoms. The number of rotatable bonds is 7. The highest BCUT2D eigenvalue weighted by atomic mass is 32.2. The molecule has 0 heterocycles. The molecule has 10 heteroatoms. The molecule has 0 aliphatic heterocycles. The number of hydrogen-bond donors (Lipinski definition) is 1. The maximum Gasteiger partial charge on any atom is 0.305 e. The van der Waals surface area contributed by atoms with Crippen molar-refractivity contribution in [2.45, 2.75) is 12.8 Å². The Hall–Kier alpha value is -2.23. The number of nitrogens with zero attached hydrogens (tertiary/aromatic N) is 1. The fourth-order valence-electron chi connectivity index (χ4n) is 1.47. The second-order valence-electron chi connectivity index (χ2n) is 4.02. The third kappa shape index (κ3) is 5.34. The Labute approximate surface area is 120 Å². The van der Waals surface area contributed by atoms with E-state index in [2.05, 4.69) is 4.74 Å². The number of ether oxygens (including phenoxy) is 1. The molecule has 0 unspecified atom stereocenters. The van der Waals surface area contributed by atoms with Gasteiger partial charge in [0.25, 0.3) is 5.69 Å². The van der Waals surface area contributed by atoms with Crippen molar-refractivity contribution in [2.24, 2.45) is 0 Å². The zero-order chi connectivity index (χ0) is 16.0. The molecule has 8 nitrogen and oxygen atoms in total. The van der Waals surface area contributed by atoms with E-state index in [0.717, 1.165) is 12.1 Å². The van der Waals surface area contributed by atoms with Crippen LogP contribution in [0.5, 0.6) is 0 Å². The van der Waals surface area contributed by atoms with Gasteiger partial charge in [0, 0.05) is 6.42 Å². The van der Waals surface area contributed by atoms with E-state index in [-0.39, 0.29) is 18.5 Å². The van der Waals surface area contributed by atoms with Gasteiger partial charge < -0.3 is 4.74 Å². The molecule has 0 aliphatic carbocycles. The second-order valence-corrected chi connectivity index (χ2v) is 5.86. The van der Waals surface area contributed by atoms with Crippen molar-refractivity contribution >= 4 is 27.4 Å². The van der Waals surface area contributed by atoms with Crippen molar-refractivity contribution < 1.29 is 27.3 Å². The molecular weight excluding hydrogens is 307 g/mol. The van der Waals surface area contributed by atoms with Gasteiger partial charge >= 0.3 is 5.97 Å². The van der Waals surface area contributed by atoms with Gasteiger partial charge in [0.05, 0.1) is 23.9 Å². The van der Waals surface area contributed by atoms with Gasteiger partial charge in [-0.2, -0.15) is 0 Å². The number of nitro groups is 1. The van der Waals surface area contributed by atoms with Crippen LogP contribution in [0.25, 0.3) is 0 Å². The summed E-state index contributed by atoms with van der Waals surface area (Å²) in [6.45, 7) is 0. The first-order valence-corrected chi connectivity index (χ1v) is 7.41. The van der Waals surface area contributed by atoms with Gasteiger partial charge in [0.1, 0.15) is 11.5 Å². The van der Waals surface area contributed by atoms with E-state index in [4.69, 9.17) is 0 Å². The van der Waals surface area contributed by atoms with Crippen LogP contribution in [0.4, 0.5) is 15.8 Å². The molecule has 0 aliphatic rings. The summed E-state index contributed by atoms with van der Waals surface area (Å²) in [6, 6.07) is 2.48. The molecule has 0 bridgehead atoms. The van der Waals surface area contributed by atoms with E-state index < -0.39 is 38.2 Å². The standard InChI is InChI=1S/C11H13FN2O6S/c1-20-11(15)3-2-6-21(18,19)13-9-5-4-8(12)7-10(9)14(16)17/h4-5,7,13H,2-3,6H2,1H3. The third-order valence-electron chi connectivity index (χ3n) is 2.44. The number of anilines is 1. The number of benzene rings is 1. The summed E-state index contributed by atoms with van der Waals surface area (Å²) in [6.07, 6.45) is -0.0973. The number of carbonyl (C=O) groups excluding carboxylic acids is 1. The zero-order valence-electron chi connectivity index (χ0n) is 11.0. The average molecular weight is 320 g/mol. The maximum absolute atomic E-state index is 12.9. The van der Waals surface area contributed by atoms with Crippen LogP contribution in [0.1, 0.15) is 12.8 Å². The first-order chi connectivity index (χ1) is 9.75. The van der Waals surface area contributed by atoms with Crippen molar-refractivity contribution in [3.8, 4) is 0 Å². The Bertz CT molecular complexity index is 646. The van der Waals surface area contributed by atoms with E-state index >= 15 is 0 Å². The number of halogens is 1. The number of carbonyl (C=O) groups is 1. The van der Waals surface area contributed by atoms with E-state index in [1.54, 1.807) is 0 Å². The van der Waals surface area contributed by atoms with Crippen molar-refractivity contribution in [1.29, 1.82) is 0 Å². The molecule has 0 saturated carbocycles. The molecule has 0 amide bonds. The van der Waals surface area contributed by atoms with Gasteiger partial charge in [0.2, 0.25) is 10.0 Å². The third-order valence-corrected chi connectivity index (χ3v) is 3.80. The Kier molecular flexibility index (Phi) is 5.59. The summed E-state index contributed by atoms with van der Waals surface area (Å²) >= 11 is 0. The lowest BCUT2D eigenvalue weighted by Crippen LogP contribution is -2.18. The van der Waals surface area contributed by atoms with Gasteiger partial charge in [-0.25, -0.2) is 12.8 Å². The van der Waals surface area contributed by atoms with Crippen molar-refractivity contribution in [2.75, 3.05) is 17.6 Å². The number of methoxy groups -OCH3 is 1. The highest BCUT2D eigenvalue weighted by Gasteiger charge is 2.20. The Balaban J connectivity index is 2.80. The predicted molar refractivity (Wildman–Crippen MR) is 71.7 cm³/mol. The van der Waals surface area contributed by atoms with Crippen LogP contribution in [0.2, 0.25) is 0 Å². The molecule has 0 radical (unpaired) electrons. The summed E-state index contributed by atoms with van der Waals surface area (Å²) in [5.74, 6) is -1.83. The maximum atomic E-state index is 12.9. The Morgan fingerprint density at radius 2 is 2.14 bits per heavy atom. The quantitative estimate of drug-likeness (QED) is 0.461. The average Bonchev–Trinajstić information content (AvgIpc) is 2.39. The van der Waals surface area contributed by atoms with Crippen LogP contribution >= 0.6 is 0 Å². The van der Waals surface area contributed by atoms with Gasteiger partial charge in [-0.15, -0.1) is 0 Å². The van der Waals surface area contributed by atoms with E-state index in [9.17, 15) is 27.7 Å². The second kappa shape index (κ2) is 6.97. The minimum atomic E-state index is -3.89. The molecule has 0 spiro atoms. The number of nitro benzene ring substituents is 1. The Morgan fingerprint density at radius 3 is 2.71 bits per heavy atom. The largest absolute Gasteiger partial charge is 0.469 e.